The van der Waals surface area contributed by atoms with Crippen molar-refractivity contribution in [2.75, 3.05) is 0 Å². The van der Waals surface area contributed by atoms with Crippen LogP contribution in [0.5, 0.6) is 11.5 Å². The van der Waals surface area contributed by atoms with Crippen LogP contribution in [0.1, 0.15) is 248 Å². The van der Waals surface area contributed by atoms with E-state index in [4.69, 9.17) is 9.47 Å². The normalized spacial score (nSPS) is 22.6. The molecule has 2 heterocycles. The fourth-order valence-corrected chi connectivity index (χ4v) is 14.3. The molecule has 2 saturated carbocycles. The van der Waals surface area contributed by atoms with Crippen molar-refractivity contribution < 1.29 is 38.9 Å². The molecule has 2 aromatic carbocycles. The lowest BCUT2D eigenvalue weighted by Gasteiger charge is -2.59. The van der Waals surface area contributed by atoms with Gasteiger partial charge in [-0.2, -0.15) is 0 Å². The third-order valence-corrected chi connectivity index (χ3v) is 16.9. The summed E-state index contributed by atoms with van der Waals surface area (Å²) in [6.45, 7) is 36.2. The number of esters is 2. The van der Waals surface area contributed by atoms with E-state index in [0.29, 0.717) is 59.1 Å². The molecule has 2 aliphatic carbocycles. The highest BCUT2D eigenvalue weighted by atomic mass is 16.6. The molecule has 71 heavy (non-hydrogen) atoms. The maximum absolute atomic E-state index is 16.4. The van der Waals surface area contributed by atoms with Crippen molar-refractivity contribution in [3.05, 3.63) is 57.6 Å². The Labute approximate surface area is 428 Å². The van der Waals surface area contributed by atoms with Crippen LogP contribution in [0.15, 0.2) is 24.3 Å². The van der Waals surface area contributed by atoms with E-state index < -0.39 is 73.4 Å². The van der Waals surface area contributed by atoms with Crippen LogP contribution in [-0.4, -0.2) is 78.1 Å². The van der Waals surface area contributed by atoms with Crippen LogP contribution in [0.25, 0.3) is 0 Å². The highest BCUT2D eigenvalue weighted by molar-refractivity contribution is 6.01. The van der Waals surface area contributed by atoms with Gasteiger partial charge in [-0.05, 0) is 121 Å². The molecule has 2 saturated heterocycles. The predicted molar refractivity (Wildman–Crippen MR) is 284 cm³/mol. The molecule has 396 valence electrons. The minimum Gasteiger partial charge on any atom is -0.507 e. The van der Waals surface area contributed by atoms with Crippen molar-refractivity contribution in [1.82, 2.24) is 9.80 Å². The standard InChI is InChI=1S/C61H94N2O8/c1-39(64)62-57(15,16)35-43(37-59(62)25-21-19-22-26-59)70-51(68)61(33-41-29-45(53(3,4)5)49(66)46(30-41)54(6,7)8,34-42-31-47(55(9,10)11)50(67)48(32-42)56(12,13)14)52(69)71-44-36-58(17,18)63(40(2)65)60(38-44)27-23-20-24-28-60/h29-32,43-44,66-67H,19-28,33-38H2,1-18H3. The Morgan fingerprint density at radius 3 is 1.00 bits per heavy atom. The van der Waals surface area contributed by atoms with Crippen molar-refractivity contribution in [3.63, 3.8) is 0 Å². The van der Waals surface area contributed by atoms with Crippen molar-refractivity contribution in [3.8, 4) is 11.5 Å². The summed E-state index contributed by atoms with van der Waals surface area (Å²) < 4.78 is 14.0. The van der Waals surface area contributed by atoms with E-state index in [9.17, 15) is 19.8 Å². The average Bonchev–Trinajstić information content (AvgIpc) is 3.18. The maximum Gasteiger partial charge on any atom is 0.324 e. The third kappa shape index (κ3) is 11.4. The number of phenolic OH excluding ortho intramolecular Hbond substituents is 2. The topological polar surface area (TPSA) is 134 Å². The minimum absolute atomic E-state index is 0.0161. The van der Waals surface area contributed by atoms with Gasteiger partial charge >= 0.3 is 11.9 Å². The zero-order valence-electron chi connectivity index (χ0n) is 47.5. The number of rotatable bonds is 8. The van der Waals surface area contributed by atoms with Crippen molar-refractivity contribution in [2.45, 2.75) is 283 Å². The first-order valence-electron chi connectivity index (χ1n) is 27.2. The summed E-state index contributed by atoms with van der Waals surface area (Å²) in [6.07, 6.45) is 9.63. The molecule has 6 rings (SSSR count). The van der Waals surface area contributed by atoms with Crippen LogP contribution < -0.4 is 0 Å². The molecule has 2 N–H and O–H groups in total. The van der Waals surface area contributed by atoms with Crippen molar-refractivity contribution in [1.29, 1.82) is 0 Å². The average molecular weight is 983 g/mol. The van der Waals surface area contributed by atoms with Crippen LogP contribution in [-0.2, 0) is 63.2 Å². The number of nitrogens with zero attached hydrogens (tertiary/aromatic N) is 2. The summed E-state index contributed by atoms with van der Waals surface area (Å²) in [7, 11) is 0. The fourth-order valence-electron chi connectivity index (χ4n) is 14.3. The van der Waals surface area contributed by atoms with Gasteiger partial charge in [-0.1, -0.05) is 146 Å². The van der Waals surface area contributed by atoms with Crippen LogP contribution in [0.4, 0.5) is 0 Å². The molecule has 0 bridgehead atoms. The number of ether oxygens (including phenoxy) is 2. The van der Waals surface area contributed by atoms with Gasteiger partial charge in [-0.15, -0.1) is 0 Å². The van der Waals surface area contributed by atoms with Gasteiger partial charge in [0.25, 0.3) is 0 Å². The highest BCUT2D eigenvalue weighted by Gasteiger charge is 2.58. The molecule has 10 heteroatoms. The second-order valence-corrected chi connectivity index (χ2v) is 28.3. The van der Waals surface area contributed by atoms with Crippen LogP contribution >= 0.6 is 0 Å². The van der Waals surface area contributed by atoms with E-state index in [-0.39, 0.29) is 36.2 Å². The summed E-state index contributed by atoms with van der Waals surface area (Å²) in [6, 6.07) is 7.81. The number of piperidine rings is 2. The lowest BCUT2D eigenvalue weighted by Crippen LogP contribution is -2.67. The third-order valence-electron chi connectivity index (χ3n) is 16.9. The van der Waals surface area contributed by atoms with E-state index in [1.807, 2.05) is 24.3 Å². The molecular weight excluding hydrogens is 889 g/mol. The Morgan fingerprint density at radius 2 is 0.761 bits per heavy atom. The zero-order valence-corrected chi connectivity index (χ0v) is 47.5. The number of phenols is 2. The van der Waals surface area contributed by atoms with Crippen LogP contribution in [0.3, 0.4) is 0 Å². The first kappa shape index (κ1) is 56.2. The molecule has 0 aromatic heterocycles. The van der Waals surface area contributed by atoms with Crippen LogP contribution in [0, 0.1) is 5.41 Å². The molecule has 2 atom stereocenters. The molecular formula is C61H94N2O8. The summed E-state index contributed by atoms with van der Waals surface area (Å²) in [5, 5.41) is 24.0. The van der Waals surface area contributed by atoms with Gasteiger partial charge in [0.05, 0.1) is 0 Å². The Hall–Kier alpha value is -4.08. The van der Waals surface area contributed by atoms with Crippen molar-refractivity contribution in [2.24, 2.45) is 5.41 Å². The van der Waals surface area contributed by atoms with E-state index in [1.165, 1.54) is 0 Å². The van der Waals surface area contributed by atoms with E-state index >= 15 is 9.59 Å². The van der Waals surface area contributed by atoms with Gasteiger partial charge in [-0.25, -0.2) is 0 Å². The first-order valence-corrected chi connectivity index (χ1v) is 27.2. The molecule has 2 aliphatic heterocycles. The largest absolute Gasteiger partial charge is 0.507 e. The monoisotopic (exact) mass is 983 g/mol. The number of hydrogen-bond donors (Lipinski definition) is 2. The molecule has 2 spiro atoms. The lowest BCUT2D eigenvalue weighted by atomic mass is 9.68. The number of amides is 2. The van der Waals surface area contributed by atoms with Gasteiger partial charge in [0, 0.05) is 61.7 Å². The molecule has 10 nitrogen and oxygen atoms in total. The van der Waals surface area contributed by atoms with E-state index in [0.717, 1.165) is 64.2 Å². The second kappa shape index (κ2) is 19.3. The van der Waals surface area contributed by atoms with E-state index in [1.54, 1.807) is 13.8 Å². The smallest absolute Gasteiger partial charge is 0.324 e. The number of benzene rings is 2. The maximum atomic E-state index is 16.4. The Bertz CT molecular complexity index is 2100. The number of likely N-dealkylation sites (tertiary alicyclic amines) is 2. The molecule has 4 fully saturated rings. The van der Waals surface area contributed by atoms with Gasteiger partial charge in [0.1, 0.15) is 23.7 Å². The second-order valence-electron chi connectivity index (χ2n) is 28.3. The first-order chi connectivity index (χ1) is 32.4. The molecule has 2 amide bonds. The summed E-state index contributed by atoms with van der Waals surface area (Å²) >= 11 is 0. The van der Waals surface area contributed by atoms with Gasteiger partial charge in [-0.3, -0.25) is 19.2 Å². The molecule has 0 radical (unpaired) electrons. The van der Waals surface area contributed by atoms with Crippen molar-refractivity contribution >= 4 is 23.8 Å². The zero-order chi connectivity index (χ0) is 53.3. The molecule has 2 aromatic rings. The molecule has 2 unspecified atom stereocenters. The highest BCUT2D eigenvalue weighted by Crippen LogP contribution is 2.52. The Kier molecular flexibility index (Phi) is 15.3. The number of carbonyl (C=O) groups is 4. The molecule has 4 aliphatic rings. The number of carbonyl (C=O) groups excluding carboxylic acids is 4. The summed E-state index contributed by atoms with van der Waals surface area (Å²) in [5.74, 6) is -0.929. The quantitative estimate of drug-likeness (QED) is 0.197. The van der Waals surface area contributed by atoms with Gasteiger partial charge < -0.3 is 29.5 Å². The van der Waals surface area contributed by atoms with E-state index in [2.05, 4.69) is 121 Å². The predicted octanol–water partition coefficient (Wildman–Crippen LogP) is 13.1. The Balaban J connectivity index is 1.62. The van der Waals surface area contributed by atoms with Gasteiger partial charge in [0.2, 0.25) is 11.8 Å². The summed E-state index contributed by atoms with van der Waals surface area (Å²) in [5.41, 5.74) is -2.01. The van der Waals surface area contributed by atoms with Crippen LogP contribution in [0.2, 0.25) is 0 Å². The minimum atomic E-state index is -1.97. The Morgan fingerprint density at radius 1 is 0.493 bits per heavy atom. The fraction of sp³-hybridized carbons (Fsp3) is 0.738. The lowest BCUT2D eigenvalue weighted by molar-refractivity contribution is -0.192. The number of aromatic hydroxyl groups is 2. The summed E-state index contributed by atoms with van der Waals surface area (Å²) in [4.78, 5) is 64.2. The SMILES string of the molecule is CC(=O)N1C(C)(C)CC(OC(=O)C(Cc2cc(C(C)(C)C)c(O)c(C(C)(C)C)c2)(Cc2cc(C(C)(C)C)c(O)c(C(C)(C)C)c2)C(=O)OC2CC(C)(C)N(C(C)=O)C3(CCCCC3)C2)CC12CCCCC2. The number of hydrogen-bond acceptors (Lipinski definition) is 8. The van der Waals surface area contributed by atoms with Gasteiger partial charge in [0.15, 0.2) is 5.41 Å².